The van der Waals surface area contributed by atoms with E-state index in [0.717, 1.165) is 30.0 Å². The maximum Gasteiger partial charge on any atom is 0.343 e. The topological polar surface area (TPSA) is 96.9 Å². The predicted molar refractivity (Wildman–Crippen MR) is 147 cm³/mol. The molecular formula is C30H35N3O4. The van der Waals surface area contributed by atoms with Gasteiger partial charge in [0.05, 0.1) is 18.3 Å². The van der Waals surface area contributed by atoms with Crippen LogP contribution in [0.5, 0.6) is 5.75 Å². The van der Waals surface area contributed by atoms with Gasteiger partial charge in [-0.3, -0.25) is 9.59 Å². The fraction of sp³-hybridized carbons (Fsp3) is 0.333. The van der Waals surface area contributed by atoms with Gasteiger partial charge in [-0.1, -0.05) is 94.0 Å². The third-order valence-corrected chi connectivity index (χ3v) is 5.98. The van der Waals surface area contributed by atoms with Gasteiger partial charge in [0, 0.05) is 12.0 Å². The number of hydrogen-bond acceptors (Lipinski definition) is 5. The molecule has 0 radical (unpaired) electrons. The molecule has 0 atom stereocenters. The van der Waals surface area contributed by atoms with E-state index in [1.54, 1.807) is 30.3 Å². The van der Waals surface area contributed by atoms with Crippen LogP contribution in [0, 0.1) is 0 Å². The zero-order chi connectivity index (χ0) is 26.3. The first-order valence-electron chi connectivity index (χ1n) is 13.0. The number of carbonyl (C=O) groups excluding carboxylic acids is 3. The average Bonchev–Trinajstić information content (AvgIpc) is 2.92. The molecule has 0 aliphatic carbocycles. The van der Waals surface area contributed by atoms with Crippen LogP contribution in [-0.4, -0.2) is 30.5 Å². The highest BCUT2D eigenvalue weighted by atomic mass is 16.5. The van der Waals surface area contributed by atoms with Crippen LogP contribution in [0.3, 0.4) is 0 Å². The molecule has 2 N–H and O–H groups in total. The van der Waals surface area contributed by atoms with Crippen molar-refractivity contribution in [3.8, 4) is 5.75 Å². The molecule has 0 aromatic heterocycles. The van der Waals surface area contributed by atoms with Crippen LogP contribution in [-0.2, 0) is 9.59 Å². The van der Waals surface area contributed by atoms with Gasteiger partial charge in [0.15, 0.2) is 0 Å². The van der Waals surface area contributed by atoms with Gasteiger partial charge in [0.2, 0.25) is 5.91 Å². The summed E-state index contributed by atoms with van der Waals surface area (Å²) in [5, 5.41) is 8.45. The Morgan fingerprint density at radius 3 is 2.30 bits per heavy atom. The molecule has 3 aromatic carbocycles. The van der Waals surface area contributed by atoms with Crippen molar-refractivity contribution >= 4 is 34.8 Å². The molecule has 2 amide bonds. The number of ether oxygens (including phenoxy) is 1. The van der Waals surface area contributed by atoms with E-state index in [0.29, 0.717) is 23.3 Å². The highest BCUT2D eigenvalue weighted by Crippen LogP contribution is 2.27. The molecule has 37 heavy (non-hydrogen) atoms. The number of fused-ring (bicyclic) bond motifs is 1. The number of rotatable bonds is 14. The Balaban J connectivity index is 1.53. The van der Waals surface area contributed by atoms with Crippen LogP contribution < -0.4 is 15.5 Å². The molecule has 0 heterocycles. The molecule has 194 valence electrons. The fourth-order valence-electron chi connectivity index (χ4n) is 3.95. The minimum Gasteiger partial charge on any atom is -0.422 e. The Hall–Kier alpha value is -4.00. The summed E-state index contributed by atoms with van der Waals surface area (Å²) in [4.78, 5) is 36.8. The van der Waals surface area contributed by atoms with Crippen molar-refractivity contribution in [3.05, 3.63) is 77.9 Å². The van der Waals surface area contributed by atoms with Gasteiger partial charge in [-0.05, 0) is 35.4 Å². The molecular weight excluding hydrogens is 466 g/mol. The van der Waals surface area contributed by atoms with E-state index in [9.17, 15) is 14.4 Å². The van der Waals surface area contributed by atoms with Crippen LogP contribution in [0.4, 0.5) is 0 Å². The second kappa shape index (κ2) is 15.2. The van der Waals surface area contributed by atoms with Crippen molar-refractivity contribution in [2.24, 2.45) is 5.10 Å². The molecule has 0 fully saturated rings. The average molecular weight is 502 g/mol. The predicted octanol–water partition coefficient (Wildman–Crippen LogP) is 5.77. The van der Waals surface area contributed by atoms with Gasteiger partial charge in [0.25, 0.3) is 5.91 Å². The maximum absolute atomic E-state index is 12.6. The van der Waals surface area contributed by atoms with E-state index in [4.69, 9.17) is 4.74 Å². The van der Waals surface area contributed by atoms with Gasteiger partial charge >= 0.3 is 5.97 Å². The first kappa shape index (κ1) is 27.6. The summed E-state index contributed by atoms with van der Waals surface area (Å²) in [5.41, 5.74) is 3.43. The molecule has 3 aromatic rings. The molecule has 7 heteroatoms. The highest BCUT2D eigenvalue weighted by Gasteiger charge is 2.13. The smallest absolute Gasteiger partial charge is 0.343 e. The summed E-state index contributed by atoms with van der Waals surface area (Å²) in [6, 6.07) is 19.9. The van der Waals surface area contributed by atoms with E-state index >= 15 is 0 Å². The number of nitrogens with one attached hydrogen (secondary N) is 2. The Morgan fingerprint density at radius 1 is 0.811 bits per heavy atom. The van der Waals surface area contributed by atoms with Crippen LogP contribution in [0.15, 0.2) is 71.8 Å². The molecule has 0 bridgehead atoms. The number of esters is 1. The van der Waals surface area contributed by atoms with Crippen molar-refractivity contribution in [1.29, 1.82) is 0 Å². The Labute approximate surface area is 218 Å². The molecule has 3 rings (SSSR count). The van der Waals surface area contributed by atoms with Gasteiger partial charge in [-0.15, -0.1) is 0 Å². The lowest BCUT2D eigenvalue weighted by molar-refractivity contribution is -0.126. The first-order chi connectivity index (χ1) is 18.1. The lowest BCUT2D eigenvalue weighted by atomic mass is 10.0. The second-order valence-electron chi connectivity index (χ2n) is 8.90. The van der Waals surface area contributed by atoms with E-state index < -0.39 is 11.9 Å². The normalized spacial score (nSPS) is 10.9. The van der Waals surface area contributed by atoms with Gasteiger partial charge in [-0.25, -0.2) is 10.2 Å². The van der Waals surface area contributed by atoms with Crippen molar-refractivity contribution in [3.63, 3.8) is 0 Å². The fourth-order valence-corrected chi connectivity index (χ4v) is 3.95. The van der Waals surface area contributed by atoms with Crippen molar-refractivity contribution in [2.45, 2.75) is 58.3 Å². The molecule has 0 unspecified atom stereocenters. The van der Waals surface area contributed by atoms with Gasteiger partial charge < -0.3 is 10.1 Å². The van der Waals surface area contributed by atoms with Gasteiger partial charge in [0.1, 0.15) is 5.75 Å². The Bertz CT molecular complexity index is 1210. The SMILES string of the molecule is CCCCCCCCCC(=O)NCC(=O)N/N=C\c1c(OC(=O)c2ccccc2)ccc2ccccc12. The molecule has 0 saturated heterocycles. The Kier molecular flexibility index (Phi) is 11.3. The van der Waals surface area contributed by atoms with E-state index in [1.807, 2.05) is 36.4 Å². The number of nitrogens with zero attached hydrogens (tertiary/aromatic N) is 1. The first-order valence-corrected chi connectivity index (χ1v) is 13.0. The summed E-state index contributed by atoms with van der Waals surface area (Å²) < 4.78 is 5.65. The highest BCUT2D eigenvalue weighted by molar-refractivity contribution is 6.04. The van der Waals surface area contributed by atoms with E-state index in [-0.39, 0.29) is 12.5 Å². The van der Waals surface area contributed by atoms with Crippen LogP contribution in [0.25, 0.3) is 10.8 Å². The van der Waals surface area contributed by atoms with Crippen LogP contribution in [0.2, 0.25) is 0 Å². The monoisotopic (exact) mass is 501 g/mol. The summed E-state index contributed by atoms with van der Waals surface area (Å²) >= 11 is 0. The zero-order valence-corrected chi connectivity index (χ0v) is 21.4. The number of hydrogen-bond donors (Lipinski definition) is 2. The van der Waals surface area contributed by atoms with E-state index in [1.165, 1.54) is 31.9 Å². The minimum absolute atomic E-state index is 0.142. The minimum atomic E-state index is -0.488. The number of unbranched alkanes of at least 4 members (excludes halogenated alkanes) is 6. The van der Waals surface area contributed by atoms with Crippen molar-refractivity contribution in [2.75, 3.05) is 6.54 Å². The van der Waals surface area contributed by atoms with E-state index in [2.05, 4.69) is 22.8 Å². The third-order valence-electron chi connectivity index (χ3n) is 5.98. The summed E-state index contributed by atoms with van der Waals surface area (Å²) in [7, 11) is 0. The third kappa shape index (κ3) is 9.18. The summed E-state index contributed by atoms with van der Waals surface area (Å²) in [6.07, 6.45) is 9.79. The lowest BCUT2D eigenvalue weighted by Crippen LogP contribution is -2.34. The number of benzene rings is 3. The molecule has 0 aliphatic rings. The maximum atomic E-state index is 12.6. The van der Waals surface area contributed by atoms with Gasteiger partial charge in [-0.2, -0.15) is 5.10 Å². The zero-order valence-electron chi connectivity index (χ0n) is 21.4. The standard InChI is InChI=1S/C30H35N3O4/c1-2-3-4-5-6-7-11-18-28(34)31-22-29(35)33-32-21-26-25-17-13-12-14-23(25)19-20-27(26)37-30(36)24-15-9-8-10-16-24/h8-10,12-17,19-21H,2-7,11,18,22H2,1H3,(H,31,34)(H,33,35)/b32-21-. The Morgan fingerprint density at radius 2 is 1.51 bits per heavy atom. The second-order valence-corrected chi connectivity index (χ2v) is 8.90. The molecule has 0 spiro atoms. The molecule has 0 saturated carbocycles. The molecule has 7 nitrogen and oxygen atoms in total. The quantitative estimate of drug-likeness (QED) is 0.0964. The number of carbonyl (C=O) groups is 3. The van der Waals surface area contributed by atoms with Crippen molar-refractivity contribution in [1.82, 2.24) is 10.7 Å². The molecule has 0 aliphatic heterocycles. The summed E-state index contributed by atoms with van der Waals surface area (Å²) in [5.74, 6) is -0.740. The lowest BCUT2D eigenvalue weighted by Gasteiger charge is -2.10. The van der Waals surface area contributed by atoms with Crippen LogP contribution >= 0.6 is 0 Å². The van der Waals surface area contributed by atoms with Crippen LogP contribution in [0.1, 0.15) is 74.2 Å². The largest absolute Gasteiger partial charge is 0.422 e. The van der Waals surface area contributed by atoms with Crippen molar-refractivity contribution < 1.29 is 19.1 Å². The summed E-state index contributed by atoms with van der Waals surface area (Å²) in [6.45, 7) is 2.04. The number of hydrazone groups is 1. The number of amides is 2.